The van der Waals surface area contributed by atoms with Gasteiger partial charge in [-0.2, -0.15) is 5.10 Å². The molecule has 0 aliphatic heterocycles. The highest BCUT2D eigenvalue weighted by molar-refractivity contribution is 7.98. The molecule has 0 aliphatic rings. The lowest BCUT2D eigenvalue weighted by molar-refractivity contribution is 0.415. The Morgan fingerprint density at radius 1 is 1.21 bits per heavy atom. The number of benzene rings is 1. The molecule has 0 saturated carbocycles. The minimum Gasteiger partial charge on any atom is -0.497 e. The standard InChI is InChI=1S/C14H13N3OS/c1-18-11-5-3-10(4-6-11)12-9-13-14(19-2)15-7-8-17(13)16-12/h3-9H,1-2H3. The molecule has 5 heteroatoms. The molecule has 0 fully saturated rings. The zero-order chi connectivity index (χ0) is 13.2. The summed E-state index contributed by atoms with van der Waals surface area (Å²) in [6.07, 6.45) is 5.65. The average Bonchev–Trinajstić information content (AvgIpc) is 2.91. The summed E-state index contributed by atoms with van der Waals surface area (Å²) in [5.41, 5.74) is 3.03. The Bertz CT molecular complexity index is 706. The number of ether oxygens (including phenoxy) is 1. The summed E-state index contributed by atoms with van der Waals surface area (Å²) in [6, 6.07) is 9.94. The highest BCUT2D eigenvalue weighted by Gasteiger charge is 2.08. The molecule has 0 amide bonds. The lowest BCUT2D eigenvalue weighted by atomic mass is 10.1. The van der Waals surface area contributed by atoms with Gasteiger partial charge in [-0.15, -0.1) is 11.8 Å². The first-order chi connectivity index (χ1) is 9.31. The van der Waals surface area contributed by atoms with E-state index in [4.69, 9.17) is 4.74 Å². The van der Waals surface area contributed by atoms with Crippen molar-refractivity contribution in [1.82, 2.24) is 14.6 Å². The summed E-state index contributed by atoms with van der Waals surface area (Å²) >= 11 is 1.62. The van der Waals surface area contributed by atoms with Crippen molar-refractivity contribution in [3.63, 3.8) is 0 Å². The second-order valence-electron chi connectivity index (χ2n) is 4.02. The minimum atomic E-state index is 0.846. The first-order valence-electron chi connectivity index (χ1n) is 5.84. The molecule has 0 unspecified atom stereocenters. The van der Waals surface area contributed by atoms with Crippen LogP contribution in [0.25, 0.3) is 16.8 Å². The molecule has 96 valence electrons. The summed E-state index contributed by atoms with van der Waals surface area (Å²) in [5, 5.41) is 5.55. The molecule has 2 heterocycles. The summed E-state index contributed by atoms with van der Waals surface area (Å²) < 4.78 is 7.02. The van der Waals surface area contributed by atoms with Crippen molar-refractivity contribution in [3.8, 4) is 17.0 Å². The van der Waals surface area contributed by atoms with E-state index in [0.29, 0.717) is 0 Å². The molecular weight excluding hydrogens is 258 g/mol. The number of rotatable bonds is 3. The molecule has 3 rings (SSSR count). The Morgan fingerprint density at radius 3 is 2.68 bits per heavy atom. The van der Waals surface area contributed by atoms with Gasteiger partial charge in [-0.25, -0.2) is 9.50 Å². The summed E-state index contributed by atoms with van der Waals surface area (Å²) in [6.45, 7) is 0. The maximum Gasteiger partial charge on any atom is 0.122 e. The van der Waals surface area contributed by atoms with Crippen molar-refractivity contribution in [2.75, 3.05) is 13.4 Å². The summed E-state index contributed by atoms with van der Waals surface area (Å²) in [4.78, 5) is 4.34. The Balaban J connectivity index is 2.09. The van der Waals surface area contributed by atoms with Gasteiger partial charge in [0.1, 0.15) is 10.8 Å². The molecule has 0 bridgehead atoms. The Morgan fingerprint density at radius 2 is 2.00 bits per heavy atom. The van der Waals surface area contributed by atoms with Gasteiger partial charge in [-0.05, 0) is 36.6 Å². The van der Waals surface area contributed by atoms with Crippen LogP contribution in [0, 0.1) is 0 Å². The van der Waals surface area contributed by atoms with Gasteiger partial charge in [-0.1, -0.05) is 0 Å². The van der Waals surface area contributed by atoms with Gasteiger partial charge < -0.3 is 4.74 Å². The van der Waals surface area contributed by atoms with E-state index < -0.39 is 0 Å². The van der Waals surface area contributed by atoms with Gasteiger partial charge in [0.25, 0.3) is 0 Å². The van der Waals surface area contributed by atoms with E-state index >= 15 is 0 Å². The highest BCUT2D eigenvalue weighted by Crippen LogP contribution is 2.25. The number of methoxy groups -OCH3 is 1. The van der Waals surface area contributed by atoms with Crippen LogP contribution < -0.4 is 4.74 Å². The summed E-state index contributed by atoms with van der Waals surface area (Å²) in [7, 11) is 1.66. The fraction of sp³-hybridized carbons (Fsp3) is 0.143. The molecule has 0 radical (unpaired) electrons. The van der Waals surface area contributed by atoms with Crippen molar-refractivity contribution >= 4 is 17.3 Å². The predicted octanol–water partition coefficient (Wildman–Crippen LogP) is 3.13. The molecule has 0 spiro atoms. The van der Waals surface area contributed by atoms with Crippen LogP contribution in [0.4, 0.5) is 0 Å². The number of hydrogen-bond acceptors (Lipinski definition) is 4. The zero-order valence-electron chi connectivity index (χ0n) is 10.7. The Kier molecular flexibility index (Phi) is 3.13. The number of thioether (sulfide) groups is 1. The normalized spacial score (nSPS) is 10.8. The van der Waals surface area contributed by atoms with Gasteiger partial charge >= 0.3 is 0 Å². The number of aromatic nitrogens is 3. The fourth-order valence-corrected chi connectivity index (χ4v) is 2.49. The molecule has 19 heavy (non-hydrogen) atoms. The molecular formula is C14H13N3OS. The van der Waals surface area contributed by atoms with Crippen molar-refractivity contribution in [2.24, 2.45) is 0 Å². The van der Waals surface area contributed by atoms with E-state index in [2.05, 4.69) is 16.1 Å². The minimum absolute atomic E-state index is 0.846. The monoisotopic (exact) mass is 271 g/mol. The largest absolute Gasteiger partial charge is 0.497 e. The number of hydrogen-bond donors (Lipinski definition) is 0. The second kappa shape index (κ2) is 4.93. The van der Waals surface area contributed by atoms with Crippen LogP contribution in [0.15, 0.2) is 47.8 Å². The SMILES string of the molecule is COc1ccc(-c2cc3c(SC)nccn3n2)cc1. The topological polar surface area (TPSA) is 39.4 Å². The number of nitrogens with zero attached hydrogens (tertiary/aromatic N) is 3. The van der Waals surface area contributed by atoms with Crippen LogP contribution >= 0.6 is 11.8 Å². The molecule has 0 N–H and O–H groups in total. The molecule has 1 aromatic carbocycles. The van der Waals surface area contributed by atoms with Crippen LogP contribution in [0.1, 0.15) is 0 Å². The maximum absolute atomic E-state index is 5.16. The molecule has 2 aromatic heterocycles. The quantitative estimate of drug-likeness (QED) is 0.686. The van der Waals surface area contributed by atoms with E-state index in [1.54, 1.807) is 25.1 Å². The second-order valence-corrected chi connectivity index (χ2v) is 4.82. The van der Waals surface area contributed by atoms with Crippen LogP contribution in [0.5, 0.6) is 5.75 Å². The molecule has 0 saturated heterocycles. The highest BCUT2D eigenvalue weighted by atomic mass is 32.2. The van der Waals surface area contributed by atoms with Crippen LogP contribution in [-0.4, -0.2) is 28.0 Å². The molecule has 3 aromatic rings. The third kappa shape index (κ3) is 2.17. The summed E-state index contributed by atoms with van der Waals surface area (Å²) in [5.74, 6) is 0.846. The van der Waals surface area contributed by atoms with Crippen LogP contribution in [-0.2, 0) is 0 Å². The molecule has 0 aliphatic carbocycles. The van der Waals surface area contributed by atoms with E-state index in [0.717, 1.165) is 27.5 Å². The zero-order valence-corrected chi connectivity index (χ0v) is 11.5. The van der Waals surface area contributed by atoms with E-state index in [-0.39, 0.29) is 0 Å². The van der Waals surface area contributed by atoms with Crippen molar-refractivity contribution < 1.29 is 4.74 Å². The van der Waals surface area contributed by atoms with Crippen molar-refractivity contribution in [3.05, 3.63) is 42.7 Å². The third-order valence-corrected chi connectivity index (χ3v) is 3.63. The van der Waals surface area contributed by atoms with E-state index in [1.165, 1.54) is 0 Å². The van der Waals surface area contributed by atoms with E-state index in [1.807, 2.05) is 41.2 Å². The third-order valence-electron chi connectivity index (χ3n) is 2.93. The van der Waals surface area contributed by atoms with Gasteiger partial charge in [0.15, 0.2) is 0 Å². The first-order valence-corrected chi connectivity index (χ1v) is 7.07. The van der Waals surface area contributed by atoms with Gasteiger partial charge in [0, 0.05) is 18.0 Å². The van der Waals surface area contributed by atoms with Crippen molar-refractivity contribution in [2.45, 2.75) is 5.03 Å². The maximum atomic E-state index is 5.16. The number of fused-ring (bicyclic) bond motifs is 1. The van der Waals surface area contributed by atoms with E-state index in [9.17, 15) is 0 Å². The Hall–Kier alpha value is -2.01. The Labute approximate surface area is 115 Å². The molecule has 0 atom stereocenters. The van der Waals surface area contributed by atoms with Crippen molar-refractivity contribution in [1.29, 1.82) is 0 Å². The lowest BCUT2D eigenvalue weighted by Crippen LogP contribution is -1.90. The van der Waals surface area contributed by atoms with Gasteiger partial charge in [0.2, 0.25) is 0 Å². The van der Waals surface area contributed by atoms with Crippen LogP contribution in [0.2, 0.25) is 0 Å². The average molecular weight is 271 g/mol. The fourth-order valence-electron chi connectivity index (χ4n) is 1.96. The smallest absolute Gasteiger partial charge is 0.122 e. The lowest BCUT2D eigenvalue weighted by Gasteiger charge is -1.99. The predicted molar refractivity (Wildman–Crippen MR) is 76.8 cm³/mol. The van der Waals surface area contributed by atoms with Crippen LogP contribution in [0.3, 0.4) is 0 Å². The van der Waals surface area contributed by atoms with Gasteiger partial charge in [0.05, 0.1) is 18.3 Å². The van der Waals surface area contributed by atoms with Gasteiger partial charge in [-0.3, -0.25) is 0 Å². The molecule has 4 nitrogen and oxygen atoms in total. The first kappa shape index (κ1) is 12.0.